The number of amides is 1. The van der Waals surface area contributed by atoms with Gasteiger partial charge in [0.05, 0.1) is 12.1 Å². The van der Waals surface area contributed by atoms with Crippen LogP contribution in [0.3, 0.4) is 0 Å². The van der Waals surface area contributed by atoms with Gasteiger partial charge in [0.2, 0.25) is 0 Å². The zero-order valence-electron chi connectivity index (χ0n) is 13.3. The van der Waals surface area contributed by atoms with E-state index in [0.29, 0.717) is 12.0 Å². The Morgan fingerprint density at radius 2 is 1.83 bits per heavy atom. The van der Waals surface area contributed by atoms with E-state index in [9.17, 15) is 18.0 Å². The molecule has 2 N–H and O–H groups in total. The van der Waals surface area contributed by atoms with Gasteiger partial charge in [-0.15, -0.1) is 0 Å². The van der Waals surface area contributed by atoms with Gasteiger partial charge in [-0.1, -0.05) is 26.0 Å². The second-order valence-electron chi connectivity index (χ2n) is 6.49. The van der Waals surface area contributed by atoms with Gasteiger partial charge in [0.15, 0.2) is 5.96 Å². The van der Waals surface area contributed by atoms with Gasteiger partial charge in [0.1, 0.15) is 5.54 Å². The molecule has 1 aliphatic rings. The number of benzene rings is 1. The number of hydrogen-bond acceptors (Lipinski definition) is 2. The molecule has 1 aromatic carbocycles. The lowest BCUT2D eigenvalue weighted by atomic mass is 9.91. The molecule has 126 valence electrons. The number of guanidine groups is 1. The van der Waals surface area contributed by atoms with Crippen LogP contribution < -0.4 is 5.32 Å². The molecule has 0 saturated carbocycles. The Bertz CT molecular complexity index is 610. The third-order valence-corrected chi connectivity index (χ3v) is 3.82. The minimum absolute atomic E-state index is 0.0157. The third kappa shape index (κ3) is 3.65. The van der Waals surface area contributed by atoms with Gasteiger partial charge >= 0.3 is 6.18 Å². The van der Waals surface area contributed by atoms with Crippen LogP contribution >= 0.6 is 0 Å². The first-order valence-electron chi connectivity index (χ1n) is 7.38. The summed E-state index contributed by atoms with van der Waals surface area (Å²) in [6, 6.07) is 4.64. The molecule has 1 unspecified atom stereocenters. The summed E-state index contributed by atoms with van der Waals surface area (Å²) in [5.41, 5.74) is -1.02. The Balaban J connectivity index is 2.14. The quantitative estimate of drug-likeness (QED) is 0.891. The van der Waals surface area contributed by atoms with Crippen LogP contribution in [0, 0.1) is 11.3 Å². The molecule has 0 bridgehead atoms. The van der Waals surface area contributed by atoms with Crippen molar-refractivity contribution in [1.82, 2.24) is 10.2 Å². The van der Waals surface area contributed by atoms with E-state index in [1.54, 1.807) is 6.92 Å². The van der Waals surface area contributed by atoms with E-state index in [1.165, 1.54) is 17.0 Å². The SMILES string of the molecule is CC(C)CC1(C)NC(=N)N(Cc2ccc(C(F)(F)F)cc2)C1=O. The molecule has 0 spiro atoms. The Labute approximate surface area is 133 Å². The van der Waals surface area contributed by atoms with Crippen molar-refractivity contribution in [3.8, 4) is 0 Å². The normalized spacial score (nSPS) is 22.0. The first kappa shape index (κ1) is 17.3. The van der Waals surface area contributed by atoms with Crippen LogP contribution in [0.1, 0.15) is 38.3 Å². The number of nitrogens with zero attached hydrogens (tertiary/aromatic N) is 1. The van der Waals surface area contributed by atoms with E-state index in [4.69, 9.17) is 5.41 Å². The molecule has 1 atom stereocenters. The summed E-state index contributed by atoms with van der Waals surface area (Å²) < 4.78 is 37.7. The van der Waals surface area contributed by atoms with Gasteiger partial charge in [-0.3, -0.25) is 15.1 Å². The van der Waals surface area contributed by atoms with Crippen molar-refractivity contribution in [1.29, 1.82) is 5.41 Å². The maximum atomic E-state index is 12.6. The second kappa shape index (κ2) is 5.86. The summed E-state index contributed by atoms with van der Waals surface area (Å²) in [6.45, 7) is 5.80. The lowest BCUT2D eigenvalue weighted by Crippen LogP contribution is -2.44. The van der Waals surface area contributed by atoms with Crippen molar-refractivity contribution >= 4 is 11.9 Å². The maximum absolute atomic E-state index is 12.6. The Kier molecular flexibility index (Phi) is 4.41. The molecule has 1 heterocycles. The third-order valence-electron chi connectivity index (χ3n) is 3.82. The van der Waals surface area contributed by atoms with Crippen molar-refractivity contribution in [2.24, 2.45) is 5.92 Å². The van der Waals surface area contributed by atoms with Crippen molar-refractivity contribution in [3.05, 3.63) is 35.4 Å². The molecule has 1 amide bonds. The first-order valence-corrected chi connectivity index (χ1v) is 7.38. The van der Waals surface area contributed by atoms with Gasteiger partial charge in [0.25, 0.3) is 5.91 Å². The highest BCUT2D eigenvalue weighted by atomic mass is 19.4. The Morgan fingerprint density at radius 1 is 1.26 bits per heavy atom. The molecule has 4 nitrogen and oxygen atoms in total. The van der Waals surface area contributed by atoms with E-state index >= 15 is 0 Å². The second-order valence-corrected chi connectivity index (χ2v) is 6.49. The van der Waals surface area contributed by atoms with Gasteiger partial charge < -0.3 is 5.32 Å². The van der Waals surface area contributed by atoms with Gasteiger partial charge in [-0.05, 0) is 37.0 Å². The smallest absolute Gasteiger partial charge is 0.342 e. The summed E-state index contributed by atoms with van der Waals surface area (Å²) in [4.78, 5) is 13.8. The summed E-state index contributed by atoms with van der Waals surface area (Å²) in [6.07, 6.45) is -3.80. The molecule has 1 aliphatic heterocycles. The van der Waals surface area contributed by atoms with Gasteiger partial charge in [-0.25, -0.2) is 0 Å². The molecular weight excluding hydrogens is 307 g/mol. The van der Waals surface area contributed by atoms with Crippen molar-refractivity contribution < 1.29 is 18.0 Å². The lowest BCUT2D eigenvalue weighted by molar-refractivity contribution is -0.137. The minimum atomic E-state index is -4.38. The van der Waals surface area contributed by atoms with Crippen molar-refractivity contribution in [2.45, 2.75) is 45.5 Å². The van der Waals surface area contributed by atoms with Crippen LogP contribution in [0.25, 0.3) is 0 Å². The zero-order chi connectivity index (χ0) is 17.4. The lowest BCUT2D eigenvalue weighted by Gasteiger charge is -2.24. The molecule has 0 radical (unpaired) electrons. The molecule has 2 rings (SSSR count). The summed E-state index contributed by atoms with van der Waals surface area (Å²) in [7, 11) is 0. The van der Waals surface area contributed by atoms with Crippen molar-refractivity contribution in [3.63, 3.8) is 0 Å². The molecular formula is C16H20F3N3O. The molecule has 1 aromatic rings. The van der Waals surface area contributed by atoms with E-state index in [2.05, 4.69) is 5.32 Å². The summed E-state index contributed by atoms with van der Waals surface area (Å²) >= 11 is 0. The van der Waals surface area contributed by atoms with Crippen molar-refractivity contribution in [2.75, 3.05) is 0 Å². The van der Waals surface area contributed by atoms with Crippen LogP contribution in [0.2, 0.25) is 0 Å². The van der Waals surface area contributed by atoms with Crippen LogP contribution in [-0.4, -0.2) is 22.3 Å². The predicted molar refractivity (Wildman–Crippen MR) is 80.7 cm³/mol. The van der Waals surface area contributed by atoms with E-state index in [1.807, 2.05) is 13.8 Å². The Hall–Kier alpha value is -2.05. The van der Waals surface area contributed by atoms with Crippen LogP contribution in [0.5, 0.6) is 0 Å². The predicted octanol–water partition coefficient (Wildman–Crippen LogP) is 3.38. The number of halogens is 3. The fourth-order valence-corrected chi connectivity index (χ4v) is 2.87. The highest BCUT2D eigenvalue weighted by Gasteiger charge is 2.45. The highest BCUT2D eigenvalue weighted by Crippen LogP contribution is 2.30. The zero-order valence-corrected chi connectivity index (χ0v) is 13.3. The molecule has 1 fully saturated rings. The number of hydrogen-bond donors (Lipinski definition) is 2. The number of carbonyl (C=O) groups excluding carboxylic acids is 1. The van der Waals surface area contributed by atoms with Crippen LogP contribution in [-0.2, 0) is 17.5 Å². The number of nitrogens with one attached hydrogen (secondary N) is 2. The Morgan fingerprint density at radius 3 is 2.30 bits per heavy atom. The highest BCUT2D eigenvalue weighted by molar-refractivity contribution is 6.07. The van der Waals surface area contributed by atoms with Gasteiger partial charge in [0, 0.05) is 0 Å². The van der Waals surface area contributed by atoms with Crippen LogP contribution in [0.4, 0.5) is 13.2 Å². The number of rotatable bonds is 4. The average Bonchev–Trinajstić information content (AvgIpc) is 2.61. The fraction of sp³-hybridized carbons (Fsp3) is 0.500. The van der Waals surface area contributed by atoms with E-state index < -0.39 is 17.3 Å². The largest absolute Gasteiger partial charge is 0.416 e. The molecule has 0 aliphatic carbocycles. The van der Waals surface area contributed by atoms with Gasteiger partial charge in [-0.2, -0.15) is 13.2 Å². The maximum Gasteiger partial charge on any atom is 0.416 e. The van der Waals surface area contributed by atoms with E-state index in [-0.39, 0.29) is 24.3 Å². The average molecular weight is 327 g/mol. The fourth-order valence-electron chi connectivity index (χ4n) is 2.87. The summed E-state index contributed by atoms with van der Waals surface area (Å²) in [5, 5.41) is 10.8. The number of carbonyl (C=O) groups is 1. The molecule has 0 aromatic heterocycles. The monoisotopic (exact) mass is 327 g/mol. The van der Waals surface area contributed by atoms with E-state index in [0.717, 1.165) is 12.1 Å². The minimum Gasteiger partial charge on any atom is -0.342 e. The molecule has 1 saturated heterocycles. The topological polar surface area (TPSA) is 56.2 Å². The molecule has 23 heavy (non-hydrogen) atoms. The first-order chi connectivity index (χ1) is 10.5. The molecule has 7 heteroatoms. The van der Waals surface area contributed by atoms with Crippen LogP contribution in [0.15, 0.2) is 24.3 Å². The standard InChI is InChI=1S/C16H20F3N3O/c1-10(2)8-15(3)13(23)22(14(20)21-15)9-11-4-6-12(7-5-11)16(17,18)19/h4-7,10H,8-9H2,1-3H3,(H2,20,21). The summed E-state index contributed by atoms with van der Waals surface area (Å²) in [5.74, 6) is 0.0319. The number of alkyl halides is 3.